The molecule has 1 atom stereocenters. The second-order valence-corrected chi connectivity index (χ2v) is 10.8. The second kappa shape index (κ2) is 12.1. The van der Waals surface area contributed by atoms with Gasteiger partial charge >= 0.3 is 17.2 Å². The van der Waals surface area contributed by atoms with E-state index in [0.717, 1.165) is 11.1 Å². The number of hydrogen-bond donors (Lipinski definition) is 8. The average molecular weight is 470 g/mol. The Bertz CT molecular complexity index is 622. The third kappa shape index (κ3) is 8.69. The van der Waals surface area contributed by atoms with Crippen molar-refractivity contribution in [3.05, 3.63) is 34.9 Å². The maximum Gasteiger partial charge on any atom is 0.334 e. The lowest BCUT2D eigenvalue weighted by atomic mass is 9.73. The Morgan fingerprint density at radius 3 is 1.50 bits per heavy atom. The maximum absolute atomic E-state index is 10.9. The predicted molar refractivity (Wildman–Crippen MR) is 116 cm³/mol. The number of benzene rings is 1. The van der Waals surface area contributed by atoms with Gasteiger partial charge in [-0.2, -0.15) is 0 Å². The number of hydrogen-bond acceptors (Lipinski definition) is 9. The lowest BCUT2D eigenvalue weighted by molar-refractivity contribution is -0.0857. The molecule has 0 aliphatic heterocycles. The maximum atomic E-state index is 10.9. The summed E-state index contributed by atoms with van der Waals surface area (Å²) in [6.45, 7) is 10.9. The summed E-state index contributed by atoms with van der Waals surface area (Å²) in [5.74, 6) is 0. The van der Waals surface area contributed by atoms with Gasteiger partial charge in [0.2, 0.25) is 0 Å². The predicted octanol–water partition coefficient (Wildman–Crippen LogP) is 1.70. The van der Waals surface area contributed by atoms with Crippen LogP contribution in [-0.4, -0.2) is 59.8 Å². The van der Waals surface area contributed by atoms with Crippen LogP contribution in [0.4, 0.5) is 0 Å². The summed E-state index contributed by atoms with van der Waals surface area (Å²) in [6, 6.07) is 5.98. The SMILES string of the molecule is CC(C)(C)c1ccc(C(C)(C)C)c(C(O)C(CO)(CO)CO)c1.OP(O)OP(O)O. The van der Waals surface area contributed by atoms with E-state index in [-0.39, 0.29) is 10.8 Å². The van der Waals surface area contributed by atoms with Crippen LogP contribution in [0.15, 0.2) is 18.2 Å². The molecule has 30 heavy (non-hydrogen) atoms. The third-order valence-corrected chi connectivity index (χ3v) is 5.86. The van der Waals surface area contributed by atoms with Gasteiger partial charge in [0.05, 0.1) is 31.3 Å². The molecule has 1 aromatic carbocycles. The quantitative estimate of drug-likeness (QED) is 0.276. The molecule has 0 amide bonds. The number of aliphatic hydroxyl groups excluding tert-OH is 4. The molecule has 1 aromatic rings. The molecule has 0 spiro atoms. The van der Waals surface area contributed by atoms with Gasteiger partial charge in [0, 0.05) is 0 Å². The lowest BCUT2D eigenvalue weighted by Gasteiger charge is -2.37. The van der Waals surface area contributed by atoms with Crippen molar-refractivity contribution in [2.45, 2.75) is 58.5 Å². The van der Waals surface area contributed by atoms with Crippen LogP contribution < -0.4 is 0 Å². The minimum atomic E-state index is -2.61. The summed E-state index contributed by atoms with van der Waals surface area (Å²) >= 11 is 0. The molecule has 8 N–H and O–H groups in total. The molecular weight excluding hydrogens is 434 g/mol. The van der Waals surface area contributed by atoms with Gasteiger partial charge in [-0.25, -0.2) is 4.31 Å². The van der Waals surface area contributed by atoms with Crippen molar-refractivity contribution >= 4 is 17.2 Å². The topological polar surface area (TPSA) is 171 Å². The highest BCUT2D eigenvalue weighted by Gasteiger charge is 2.40. The smallest absolute Gasteiger partial charge is 0.334 e. The first-order valence-corrected chi connectivity index (χ1v) is 11.6. The van der Waals surface area contributed by atoms with E-state index in [1.54, 1.807) is 0 Å². The zero-order valence-electron chi connectivity index (χ0n) is 18.3. The molecule has 0 fully saturated rings. The van der Waals surface area contributed by atoms with E-state index in [2.05, 4.69) is 31.1 Å². The highest BCUT2D eigenvalue weighted by atomic mass is 31.2. The minimum Gasteiger partial charge on any atom is -0.395 e. The molecule has 0 saturated heterocycles. The van der Waals surface area contributed by atoms with Crippen LogP contribution in [-0.2, 0) is 15.1 Å². The Morgan fingerprint density at radius 2 is 1.23 bits per heavy atom. The van der Waals surface area contributed by atoms with Crippen LogP contribution in [0.3, 0.4) is 0 Å². The highest BCUT2D eigenvalue weighted by molar-refractivity contribution is 7.53. The fourth-order valence-electron chi connectivity index (χ4n) is 2.74. The molecule has 0 heterocycles. The van der Waals surface area contributed by atoms with E-state index < -0.39 is 48.5 Å². The normalized spacial score (nSPS) is 14.0. The van der Waals surface area contributed by atoms with E-state index in [4.69, 9.17) is 19.6 Å². The van der Waals surface area contributed by atoms with Crippen molar-refractivity contribution in [2.24, 2.45) is 5.41 Å². The van der Waals surface area contributed by atoms with Gasteiger partial charge in [0.15, 0.2) is 0 Å². The zero-order chi connectivity index (χ0) is 23.9. The van der Waals surface area contributed by atoms with E-state index in [9.17, 15) is 20.4 Å². The first-order chi connectivity index (χ1) is 13.6. The minimum absolute atomic E-state index is 0.0921. The second-order valence-electron chi connectivity index (χ2n) is 9.13. The van der Waals surface area contributed by atoms with Crippen molar-refractivity contribution in [1.29, 1.82) is 0 Å². The molecule has 0 radical (unpaired) electrons. The summed E-state index contributed by atoms with van der Waals surface area (Å²) in [7, 11) is -5.22. The van der Waals surface area contributed by atoms with Crippen LogP contribution in [0, 0.1) is 5.41 Å². The van der Waals surface area contributed by atoms with Gasteiger partial charge in [0.25, 0.3) is 0 Å². The first kappa shape index (κ1) is 29.7. The van der Waals surface area contributed by atoms with Gasteiger partial charge < -0.3 is 40.0 Å². The summed E-state index contributed by atoms with van der Waals surface area (Å²) in [5.41, 5.74) is 0.989. The van der Waals surface area contributed by atoms with Gasteiger partial charge in [-0.05, 0) is 27.5 Å². The van der Waals surface area contributed by atoms with Crippen LogP contribution >= 0.6 is 17.2 Å². The molecule has 0 aromatic heterocycles. The molecule has 176 valence electrons. The van der Waals surface area contributed by atoms with Gasteiger partial charge in [0.1, 0.15) is 0 Å². The summed E-state index contributed by atoms with van der Waals surface area (Å²) < 4.78 is 3.60. The Hall–Kier alpha value is -0.280. The van der Waals surface area contributed by atoms with E-state index >= 15 is 0 Å². The van der Waals surface area contributed by atoms with E-state index in [1.807, 2.05) is 32.9 Å². The fraction of sp³-hybridized carbons (Fsp3) is 0.684. The highest BCUT2D eigenvalue weighted by Crippen LogP contribution is 2.42. The van der Waals surface area contributed by atoms with Crippen molar-refractivity contribution < 1.29 is 44.3 Å². The largest absolute Gasteiger partial charge is 0.395 e. The monoisotopic (exact) mass is 470 g/mol. The molecule has 0 aliphatic rings. The summed E-state index contributed by atoms with van der Waals surface area (Å²) in [4.78, 5) is 31.3. The fourth-order valence-corrected chi connectivity index (χ4v) is 3.27. The molecule has 11 heteroatoms. The standard InChI is InChI=1S/C19H32O4.H4O5P2/c1-17(2,3)13-7-8-15(18(4,5)6)14(9-13)16(23)19(10-20,11-21)12-22;1-6(2)5-7(3)4/h7-9,16,20-23H,10-12H2,1-6H3;1-4H. The van der Waals surface area contributed by atoms with E-state index in [0.29, 0.717) is 5.56 Å². The van der Waals surface area contributed by atoms with Crippen molar-refractivity contribution in [3.63, 3.8) is 0 Å². The molecule has 0 aliphatic carbocycles. The van der Waals surface area contributed by atoms with Gasteiger partial charge in [-0.1, -0.05) is 59.7 Å². The van der Waals surface area contributed by atoms with Crippen LogP contribution in [0.1, 0.15) is 64.3 Å². The van der Waals surface area contributed by atoms with Crippen molar-refractivity contribution in [3.8, 4) is 0 Å². The Morgan fingerprint density at radius 1 is 0.800 bits per heavy atom. The lowest BCUT2D eigenvalue weighted by Crippen LogP contribution is -2.41. The van der Waals surface area contributed by atoms with Gasteiger partial charge in [-0.3, -0.25) is 0 Å². The zero-order valence-corrected chi connectivity index (χ0v) is 20.1. The number of aliphatic hydroxyl groups is 4. The Balaban J connectivity index is 0.00000103. The third-order valence-electron chi connectivity index (χ3n) is 4.69. The first-order valence-electron chi connectivity index (χ1n) is 9.25. The van der Waals surface area contributed by atoms with Crippen LogP contribution in [0.5, 0.6) is 0 Å². The molecule has 0 saturated carbocycles. The molecule has 0 bridgehead atoms. The van der Waals surface area contributed by atoms with Crippen LogP contribution in [0.2, 0.25) is 0 Å². The average Bonchev–Trinajstić information content (AvgIpc) is 2.61. The Kier molecular flexibility index (Phi) is 12.0. The Labute approximate surface area is 180 Å². The van der Waals surface area contributed by atoms with E-state index in [1.165, 1.54) is 0 Å². The molecule has 1 rings (SSSR count). The molecule has 9 nitrogen and oxygen atoms in total. The molecular formula is C19H36O9P2. The summed E-state index contributed by atoms with van der Waals surface area (Å²) in [5, 5.41) is 39.8. The summed E-state index contributed by atoms with van der Waals surface area (Å²) in [6.07, 6.45) is -1.15. The molecule has 1 unspecified atom stereocenters. The van der Waals surface area contributed by atoms with Crippen LogP contribution in [0.25, 0.3) is 0 Å². The van der Waals surface area contributed by atoms with Crippen molar-refractivity contribution in [1.82, 2.24) is 0 Å². The van der Waals surface area contributed by atoms with Crippen molar-refractivity contribution in [2.75, 3.05) is 19.8 Å². The van der Waals surface area contributed by atoms with Gasteiger partial charge in [-0.15, -0.1) is 0 Å². The number of rotatable bonds is 7.